The van der Waals surface area contributed by atoms with E-state index in [-0.39, 0.29) is 0 Å². The van der Waals surface area contributed by atoms with E-state index in [1.807, 2.05) is 23.2 Å². The van der Waals surface area contributed by atoms with Crippen LogP contribution in [0.4, 0.5) is 5.82 Å². The molecule has 3 rings (SSSR count). The van der Waals surface area contributed by atoms with Gasteiger partial charge in [-0.25, -0.2) is 14.3 Å². The predicted octanol–water partition coefficient (Wildman–Crippen LogP) is 1.17. The molecule has 6 heteroatoms. The lowest BCUT2D eigenvalue weighted by Gasteiger charge is -2.33. The summed E-state index contributed by atoms with van der Waals surface area (Å²) in [6.45, 7) is 0.744. The van der Waals surface area contributed by atoms with Gasteiger partial charge in [-0.05, 0) is 25.3 Å². The molecule has 1 atom stereocenters. The number of fused-ring (bicyclic) bond motifs is 1. The lowest BCUT2D eigenvalue weighted by molar-refractivity contribution is -0.139. The van der Waals surface area contributed by atoms with Crippen LogP contribution < -0.4 is 4.90 Å². The highest BCUT2D eigenvalue weighted by Crippen LogP contribution is 2.23. The summed E-state index contributed by atoms with van der Waals surface area (Å²) in [7, 11) is 0. The molecule has 1 fully saturated rings. The number of aromatic nitrogens is 3. The van der Waals surface area contributed by atoms with E-state index >= 15 is 0 Å². The summed E-state index contributed by atoms with van der Waals surface area (Å²) in [6.07, 6.45) is 6.14. The number of aliphatic carboxylic acids is 1. The first-order valence-electron chi connectivity index (χ1n) is 6.05. The van der Waals surface area contributed by atoms with E-state index in [4.69, 9.17) is 0 Å². The van der Waals surface area contributed by atoms with Gasteiger partial charge in [0.1, 0.15) is 11.9 Å². The molecule has 1 saturated heterocycles. The summed E-state index contributed by atoms with van der Waals surface area (Å²) >= 11 is 0. The molecular weight excluding hydrogens is 232 g/mol. The van der Waals surface area contributed by atoms with Crippen molar-refractivity contribution in [1.29, 1.82) is 0 Å². The van der Waals surface area contributed by atoms with Gasteiger partial charge in [0.05, 0.1) is 6.20 Å². The molecule has 0 radical (unpaired) electrons. The van der Waals surface area contributed by atoms with Gasteiger partial charge < -0.3 is 10.0 Å². The van der Waals surface area contributed by atoms with E-state index in [1.165, 1.54) is 0 Å². The minimum atomic E-state index is -0.773. The molecule has 0 saturated carbocycles. The second kappa shape index (κ2) is 4.29. The monoisotopic (exact) mass is 246 g/mol. The molecule has 1 aliphatic rings. The normalized spacial score (nSPS) is 20.2. The SMILES string of the molecule is O=C(O)C1CCCCN1c1ccn2nccc2n1. The van der Waals surface area contributed by atoms with E-state index in [2.05, 4.69) is 10.1 Å². The van der Waals surface area contributed by atoms with E-state index in [1.54, 1.807) is 10.7 Å². The Labute approximate surface area is 104 Å². The van der Waals surface area contributed by atoms with Crippen LogP contribution in [0.5, 0.6) is 0 Å². The first-order valence-corrected chi connectivity index (χ1v) is 6.05. The van der Waals surface area contributed by atoms with Crippen molar-refractivity contribution in [3.8, 4) is 0 Å². The lowest BCUT2D eigenvalue weighted by atomic mass is 10.0. The number of rotatable bonds is 2. The highest BCUT2D eigenvalue weighted by molar-refractivity contribution is 5.78. The molecular formula is C12H14N4O2. The average Bonchev–Trinajstić information content (AvgIpc) is 2.85. The maximum Gasteiger partial charge on any atom is 0.326 e. The van der Waals surface area contributed by atoms with E-state index in [0.29, 0.717) is 6.42 Å². The fourth-order valence-corrected chi connectivity index (χ4v) is 2.43. The molecule has 0 bridgehead atoms. The maximum absolute atomic E-state index is 11.3. The van der Waals surface area contributed by atoms with Crippen LogP contribution >= 0.6 is 0 Å². The van der Waals surface area contributed by atoms with Crippen LogP contribution in [0.1, 0.15) is 19.3 Å². The Balaban J connectivity index is 1.97. The van der Waals surface area contributed by atoms with E-state index < -0.39 is 12.0 Å². The van der Waals surface area contributed by atoms with Gasteiger partial charge in [-0.15, -0.1) is 0 Å². The molecule has 0 aromatic carbocycles. The number of carboxylic acids is 1. The number of anilines is 1. The Kier molecular flexibility index (Phi) is 2.62. The zero-order valence-electron chi connectivity index (χ0n) is 9.86. The molecule has 1 aliphatic heterocycles. The number of hydrogen-bond acceptors (Lipinski definition) is 4. The van der Waals surface area contributed by atoms with Crippen molar-refractivity contribution in [3.63, 3.8) is 0 Å². The fraction of sp³-hybridized carbons (Fsp3) is 0.417. The third-order valence-corrected chi connectivity index (χ3v) is 3.33. The summed E-state index contributed by atoms with van der Waals surface area (Å²) in [5.41, 5.74) is 0.738. The fourth-order valence-electron chi connectivity index (χ4n) is 2.43. The molecule has 0 spiro atoms. The van der Waals surface area contributed by atoms with Crippen molar-refractivity contribution in [1.82, 2.24) is 14.6 Å². The van der Waals surface area contributed by atoms with Crippen LogP contribution in [0.2, 0.25) is 0 Å². The van der Waals surface area contributed by atoms with Crippen LogP contribution in [0.25, 0.3) is 5.65 Å². The number of carboxylic acid groups (broad SMARTS) is 1. The number of piperidine rings is 1. The van der Waals surface area contributed by atoms with Gasteiger partial charge in [0.25, 0.3) is 0 Å². The molecule has 1 N–H and O–H groups in total. The molecule has 0 amide bonds. The van der Waals surface area contributed by atoms with Gasteiger partial charge in [0, 0.05) is 18.8 Å². The van der Waals surface area contributed by atoms with Crippen molar-refractivity contribution >= 4 is 17.4 Å². The molecule has 2 aromatic rings. The zero-order chi connectivity index (χ0) is 12.5. The van der Waals surface area contributed by atoms with E-state index in [9.17, 15) is 9.90 Å². The Morgan fingerprint density at radius 3 is 3.11 bits per heavy atom. The number of hydrogen-bond donors (Lipinski definition) is 1. The summed E-state index contributed by atoms with van der Waals surface area (Å²) in [5.74, 6) is -0.0556. The average molecular weight is 246 g/mol. The van der Waals surface area contributed by atoms with Gasteiger partial charge in [-0.3, -0.25) is 0 Å². The van der Waals surface area contributed by atoms with Gasteiger partial charge in [-0.2, -0.15) is 5.10 Å². The maximum atomic E-state index is 11.3. The molecule has 3 heterocycles. The van der Waals surface area contributed by atoms with Gasteiger partial charge >= 0.3 is 5.97 Å². The predicted molar refractivity (Wildman–Crippen MR) is 65.6 cm³/mol. The largest absolute Gasteiger partial charge is 0.480 e. The van der Waals surface area contributed by atoms with Gasteiger partial charge in [0.15, 0.2) is 5.65 Å². The van der Waals surface area contributed by atoms with Gasteiger partial charge in [0.2, 0.25) is 0 Å². The second-order valence-corrected chi connectivity index (χ2v) is 4.46. The summed E-state index contributed by atoms with van der Waals surface area (Å²) in [6, 6.07) is 3.17. The Bertz CT molecular complexity index is 580. The molecule has 1 unspecified atom stereocenters. The first kappa shape index (κ1) is 11.0. The van der Waals surface area contributed by atoms with Crippen molar-refractivity contribution in [2.24, 2.45) is 0 Å². The third-order valence-electron chi connectivity index (χ3n) is 3.33. The standard InChI is InChI=1S/C12H14N4O2/c17-12(18)9-3-1-2-7-15(9)10-5-8-16-11(14-10)4-6-13-16/h4-6,8-9H,1-3,7H2,(H,17,18). The topological polar surface area (TPSA) is 70.7 Å². The lowest BCUT2D eigenvalue weighted by Crippen LogP contribution is -2.45. The Morgan fingerprint density at radius 1 is 1.39 bits per heavy atom. The second-order valence-electron chi connectivity index (χ2n) is 4.46. The van der Waals surface area contributed by atoms with Crippen LogP contribution in [-0.2, 0) is 4.79 Å². The van der Waals surface area contributed by atoms with Crippen molar-refractivity contribution in [3.05, 3.63) is 24.5 Å². The smallest absolute Gasteiger partial charge is 0.326 e. The Hall–Kier alpha value is -2.11. The summed E-state index contributed by atoms with van der Waals surface area (Å²) < 4.78 is 1.67. The minimum absolute atomic E-state index is 0.461. The summed E-state index contributed by atoms with van der Waals surface area (Å²) in [4.78, 5) is 17.6. The highest BCUT2D eigenvalue weighted by atomic mass is 16.4. The Morgan fingerprint density at radius 2 is 2.28 bits per heavy atom. The van der Waals surface area contributed by atoms with Crippen LogP contribution in [0.15, 0.2) is 24.5 Å². The minimum Gasteiger partial charge on any atom is -0.480 e. The molecule has 0 aliphatic carbocycles. The van der Waals surface area contributed by atoms with Crippen molar-refractivity contribution in [2.45, 2.75) is 25.3 Å². The van der Waals surface area contributed by atoms with Crippen LogP contribution in [-0.4, -0.2) is 38.3 Å². The summed E-state index contributed by atoms with van der Waals surface area (Å²) in [5, 5.41) is 13.3. The van der Waals surface area contributed by atoms with Crippen molar-refractivity contribution < 1.29 is 9.90 Å². The third kappa shape index (κ3) is 1.79. The molecule has 18 heavy (non-hydrogen) atoms. The van der Waals surface area contributed by atoms with Crippen molar-refractivity contribution in [2.75, 3.05) is 11.4 Å². The number of carbonyl (C=O) groups is 1. The highest BCUT2D eigenvalue weighted by Gasteiger charge is 2.29. The quantitative estimate of drug-likeness (QED) is 0.861. The van der Waals surface area contributed by atoms with Gasteiger partial charge in [-0.1, -0.05) is 0 Å². The van der Waals surface area contributed by atoms with Crippen LogP contribution in [0, 0.1) is 0 Å². The van der Waals surface area contributed by atoms with Crippen LogP contribution in [0.3, 0.4) is 0 Å². The zero-order valence-corrected chi connectivity index (χ0v) is 9.86. The first-order chi connectivity index (χ1) is 8.75. The molecule has 2 aromatic heterocycles. The molecule has 6 nitrogen and oxygen atoms in total. The number of nitrogens with zero attached hydrogens (tertiary/aromatic N) is 4. The molecule has 94 valence electrons. The van der Waals surface area contributed by atoms with E-state index in [0.717, 1.165) is 30.9 Å².